The number of halogens is 1. The predicted octanol–water partition coefficient (Wildman–Crippen LogP) is 2.46. The number of fused-ring (bicyclic) bond motifs is 1. The Hall–Kier alpha value is -3.55. The van der Waals surface area contributed by atoms with Crippen molar-refractivity contribution >= 4 is 16.7 Å². The van der Waals surface area contributed by atoms with Crippen molar-refractivity contribution in [1.29, 1.82) is 0 Å². The lowest BCUT2D eigenvalue weighted by Crippen LogP contribution is -2.09. The van der Waals surface area contributed by atoms with Crippen molar-refractivity contribution in [2.75, 3.05) is 5.32 Å². The van der Waals surface area contributed by atoms with E-state index in [4.69, 9.17) is 0 Å². The molecule has 0 fully saturated rings. The van der Waals surface area contributed by atoms with E-state index in [-0.39, 0.29) is 11.4 Å². The van der Waals surface area contributed by atoms with Gasteiger partial charge < -0.3 is 10.3 Å². The Morgan fingerprint density at radius 3 is 2.84 bits per heavy atom. The molecule has 0 aliphatic rings. The molecular formula is C17H13FN6O. The molecule has 0 aliphatic heterocycles. The number of rotatable bonds is 4. The number of anilines is 1. The lowest BCUT2D eigenvalue weighted by atomic mass is 10.2. The number of pyridine rings is 2. The summed E-state index contributed by atoms with van der Waals surface area (Å²) in [7, 11) is 0. The molecule has 3 heterocycles. The Balaban J connectivity index is 1.56. The summed E-state index contributed by atoms with van der Waals surface area (Å²) in [5, 5.41) is 10.9. The maximum absolute atomic E-state index is 13.0. The molecule has 0 spiro atoms. The fourth-order valence-corrected chi connectivity index (χ4v) is 2.51. The van der Waals surface area contributed by atoms with Crippen molar-refractivity contribution in [3.8, 4) is 11.4 Å². The number of hydrogen-bond acceptors (Lipinski definition) is 5. The van der Waals surface area contributed by atoms with Crippen LogP contribution in [-0.4, -0.2) is 25.1 Å². The second-order valence-electron chi connectivity index (χ2n) is 5.41. The number of aromatic nitrogens is 5. The number of nitrogens with one attached hydrogen (secondary N) is 3. The fourth-order valence-electron chi connectivity index (χ4n) is 2.51. The average Bonchev–Trinajstić information content (AvgIpc) is 3.09. The summed E-state index contributed by atoms with van der Waals surface area (Å²) in [6, 6.07) is 11.1. The second-order valence-corrected chi connectivity index (χ2v) is 5.41. The van der Waals surface area contributed by atoms with Gasteiger partial charge in [-0.1, -0.05) is 0 Å². The topological polar surface area (TPSA) is 99.3 Å². The lowest BCUT2D eigenvalue weighted by Gasteiger charge is -2.07. The van der Waals surface area contributed by atoms with E-state index in [2.05, 4.69) is 30.5 Å². The van der Waals surface area contributed by atoms with E-state index in [0.29, 0.717) is 29.5 Å². The molecule has 0 saturated heterocycles. The number of aromatic amines is 2. The van der Waals surface area contributed by atoms with Crippen LogP contribution in [0.1, 0.15) is 5.82 Å². The fraction of sp³-hybridized carbons (Fsp3) is 0.0588. The highest BCUT2D eigenvalue weighted by Gasteiger charge is 2.08. The SMILES string of the molecule is O=c1cc(NCc2nc(-c3ccc(F)cc3)n[nH]2)c2cccnc2[nH]1. The van der Waals surface area contributed by atoms with Gasteiger partial charge in [0.2, 0.25) is 0 Å². The molecule has 0 amide bonds. The molecule has 0 radical (unpaired) electrons. The molecule has 4 aromatic rings. The molecule has 0 saturated carbocycles. The van der Waals surface area contributed by atoms with Crippen molar-refractivity contribution in [2.24, 2.45) is 0 Å². The van der Waals surface area contributed by atoms with Crippen molar-refractivity contribution in [3.05, 3.63) is 70.7 Å². The summed E-state index contributed by atoms with van der Waals surface area (Å²) in [6.45, 7) is 0.349. The van der Waals surface area contributed by atoms with Gasteiger partial charge in [0.05, 0.1) is 12.2 Å². The molecule has 3 aromatic heterocycles. The lowest BCUT2D eigenvalue weighted by molar-refractivity contribution is 0.628. The standard InChI is InChI=1S/C17H13FN6O/c18-11-5-3-10(4-6-11)16-21-14(23-24-16)9-20-13-8-15(25)22-17-12(13)2-1-7-19-17/h1-8H,9H2,(H,21,23,24)(H2,19,20,22,25). The van der Waals surface area contributed by atoms with E-state index >= 15 is 0 Å². The minimum Gasteiger partial charge on any atom is -0.377 e. The molecular weight excluding hydrogens is 323 g/mol. The minimum absolute atomic E-state index is 0.238. The third-order valence-corrected chi connectivity index (χ3v) is 3.70. The van der Waals surface area contributed by atoms with Crippen LogP contribution in [0, 0.1) is 5.82 Å². The number of nitrogens with zero attached hydrogens (tertiary/aromatic N) is 3. The first kappa shape index (κ1) is 15.0. The van der Waals surface area contributed by atoms with Crippen molar-refractivity contribution in [3.63, 3.8) is 0 Å². The summed E-state index contributed by atoms with van der Waals surface area (Å²) in [4.78, 5) is 22.9. The molecule has 1 aromatic carbocycles. The zero-order valence-corrected chi connectivity index (χ0v) is 13.0. The maximum Gasteiger partial charge on any atom is 0.251 e. The van der Waals surface area contributed by atoms with Gasteiger partial charge in [-0.2, -0.15) is 5.10 Å². The maximum atomic E-state index is 13.0. The van der Waals surface area contributed by atoms with Gasteiger partial charge in [0, 0.05) is 23.2 Å². The highest BCUT2D eigenvalue weighted by molar-refractivity contribution is 5.88. The van der Waals surface area contributed by atoms with Crippen LogP contribution in [0.2, 0.25) is 0 Å². The van der Waals surface area contributed by atoms with Gasteiger partial charge in [0.25, 0.3) is 5.56 Å². The van der Waals surface area contributed by atoms with Gasteiger partial charge in [0.1, 0.15) is 17.3 Å². The van der Waals surface area contributed by atoms with Crippen molar-refractivity contribution < 1.29 is 4.39 Å². The van der Waals surface area contributed by atoms with E-state index in [1.54, 1.807) is 24.4 Å². The van der Waals surface area contributed by atoms with Crippen LogP contribution in [0.4, 0.5) is 10.1 Å². The molecule has 0 atom stereocenters. The Morgan fingerprint density at radius 1 is 1.16 bits per heavy atom. The number of benzene rings is 1. The summed E-state index contributed by atoms with van der Waals surface area (Å²) in [6.07, 6.45) is 1.62. The van der Waals surface area contributed by atoms with E-state index in [1.165, 1.54) is 18.2 Å². The molecule has 0 bridgehead atoms. The van der Waals surface area contributed by atoms with Crippen LogP contribution in [0.3, 0.4) is 0 Å². The van der Waals surface area contributed by atoms with E-state index < -0.39 is 0 Å². The van der Waals surface area contributed by atoms with Gasteiger partial charge >= 0.3 is 0 Å². The summed E-state index contributed by atoms with van der Waals surface area (Å²) < 4.78 is 13.0. The van der Waals surface area contributed by atoms with E-state index in [9.17, 15) is 9.18 Å². The molecule has 8 heteroatoms. The Labute approximate surface area is 141 Å². The summed E-state index contributed by atoms with van der Waals surface area (Å²) in [5.41, 5.74) is 1.65. The Bertz CT molecular complexity index is 1090. The first-order chi connectivity index (χ1) is 12.2. The monoisotopic (exact) mass is 336 g/mol. The molecule has 3 N–H and O–H groups in total. The van der Waals surface area contributed by atoms with Crippen LogP contribution in [0.5, 0.6) is 0 Å². The van der Waals surface area contributed by atoms with Crippen LogP contribution in [0.25, 0.3) is 22.4 Å². The largest absolute Gasteiger partial charge is 0.377 e. The zero-order chi connectivity index (χ0) is 17.2. The van der Waals surface area contributed by atoms with Gasteiger partial charge in [0.15, 0.2) is 5.82 Å². The molecule has 4 rings (SSSR count). The van der Waals surface area contributed by atoms with Crippen LogP contribution in [-0.2, 0) is 6.54 Å². The van der Waals surface area contributed by atoms with Gasteiger partial charge in [-0.15, -0.1) is 0 Å². The van der Waals surface area contributed by atoms with Crippen LogP contribution >= 0.6 is 0 Å². The molecule has 25 heavy (non-hydrogen) atoms. The smallest absolute Gasteiger partial charge is 0.251 e. The van der Waals surface area contributed by atoms with Crippen LogP contribution in [0.15, 0.2) is 53.5 Å². The third kappa shape index (κ3) is 3.09. The van der Waals surface area contributed by atoms with Gasteiger partial charge in [-0.25, -0.2) is 14.4 Å². The Morgan fingerprint density at radius 2 is 2.00 bits per heavy atom. The number of H-pyrrole nitrogens is 2. The number of hydrogen-bond donors (Lipinski definition) is 3. The van der Waals surface area contributed by atoms with E-state index in [0.717, 1.165) is 10.9 Å². The second kappa shape index (κ2) is 6.16. The molecule has 7 nitrogen and oxygen atoms in total. The normalized spacial score (nSPS) is 10.9. The molecule has 0 aliphatic carbocycles. The summed E-state index contributed by atoms with van der Waals surface area (Å²) >= 11 is 0. The highest BCUT2D eigenvalue weighted by atomic mass is 19.1. The van der Waals surface area contributed by atoms with E-state index in [1.807, 2.05) is 6.07 Å². The van der Waals surface area contributed by atoms with Crippen LogP contribution < -0.4 is 10.9 Å². The molecule has 124 valence electrons. The van der Waals surface area contributed by atoms with Crippen molar-refractivity contribution in [2.45, 2.75) is 6.54 Å². The third-order valence-electron chi connectivity index (χ3n) is 3.70. The average molecular weight is 336 g/mol. The highest BCUT2D eigenvalue weighted by Crippen LogP contribution is 2.19. The first-order valence-electron chi connectivity index (χ1n) is 7.58. The minimum atomic E-state index is -0.309. The van der Waals surface area contributed by atoms with Gasteiger partial charge in [-0.3, -0.25) is 9.89 Å². The van der Waals surface area contributed by atoms with Gasteiger partial charge in [-0.05, 0) is 36.4 Å². The summed E-state index contributed by atoms with van der Waals surface area (Å²) in [5.74, 6) is 0.766. The Kier molecular flexibility index (Phi) is 3.70. The quantitative estimate of drug-likeness (QED) is 0.532. The molecule has 0 unspecified atom stereocenters. The zero-order valence-electron chi connectivity index (χ0n) is 13.0. The van der Waals surface area contributed by atoms with Crippen molar-refractivity contribution in [1.82, 2.24) is 25.1 Å². The first-order valence-corrected chi connectivity index (χ1v) is 7.58. The predicted molar refractivity (Wildman–Crippen MR) is 91.5 cm³/mol.